The highest BCUT2D eigenvalue weighted by Gasteiger charge is 2.07. The van der Waals surface area contributed by atoms with Crippen LogP contribution in [0.3, 0.4) is 0 Å². The standard InChI is InChI=1S/C21H23N3O4/c25-19(24-23-15-17-11-6-7-12-18(17)21(27)28)13-5-2-8-14-22-20(26)16-9-3-1-4-10-16/h1,3-4,6-7,9-12,15H,2,5,8,13-14H2,(H,22,26)(H,24,25)(H,27,28)/b23-15-. The molecular formula is C21H23N3O4. The van der Waals surface area contributed by atoms with Crippen LogP contribution in [0.5, 0.6) is 0 Å². The summed E-state index contributed by atoms with van der Waals surface area (Å²) in [5.41, 5.74) is 3.57. The molecule has 0 aliphatic rings. The highest BCUT2D eigenvalue weighted by Crippen LogP contribution is 2.06. The molecule has 3 N–H and O–H groups in total. The number of hydrogen-bond acceptors (Lipinski definition) is 4. The molecule has 0 heterocycles. The zero-order valence-corrected chi connectivity index (χ0v) is 15.4. The molecule has 2 aromatic carbocycles. The van der Waals surface area contributed by atoms with E-state index in [4.69, 9.17) is 5.11 Å². The first-order valence-corrected chi connectivity index (χ1v) is 9.05. The molecule has 2 aromatic rings. The Hall–Kier alpha value is -3.48. The van der Waals surface area contributed by atoms with Gasteiger partial charge in [0.15, 0.2) is 0 Å². The molecule has 0 radical (unpaired) electrons. The normalized spacial score (nSPS) is 10.6. The SMILES string of the molecule is O=C(CCCCCNC(=O)c1ccccc1)N/N=C\c1ccccc1C(=O)O. The van der Waals surface area contributed by atoms with Crippen molar-refractivity contribution < 1.29 is 19.5 Å². The number of carbonyl (C=O) groups excluding carboxylic acids is 2. The highest BCUT2D eigenvalue weighted by atomic mass is 16.4. The average Bonchev–Trinajstić information content (AvgIpc) is 2.71. The Bertz CT molecular complexity index is 835. The first-order valence-electron chi connectivity index (χ1n) is 9.05. The molecule has 0 saturated heterocycles. The Kier molecular flexibility index (Phi) is 8.39. The van der Waals surface area contributed by atoms with Crippen molar-refractivity contribution in [2.45, 2.75) is 25.7 Å². The van der Waals surface area contributed by atoms with E-state index in [1.165, 1.54) is 12.3 Å². The molecule has 2 amide bonds. The quantitative estimate of drug-likeness (QED) is 0.334. The van der Waals surface area contributed by atoms with E-state index in [9.17, 15) is 14.4 Å². The van der Waals surface area contributed by atoms with Crippen molar-refractivity contribution in [2.24, 2.45) is 5.10 Å². The Morgan fingerprint density at radius 3 is 2.39 bits per heavy atom. The fraction of sp³-hybridized carbons (Fsp3) is 0.238. The number of carboxylic acid groups (broad SMARTS) is 1. The molecule has 28 heavy (non-hydrogen) atoms. The van der Waals surface area contributed by atoms with Gasteiger partial charge < -0.3 is 10.4 Å². The number of nitrogens with one attached hydrogen (secondary N) is 2. The molecule has 0 saturated carbocycles. The topological polar surface area (TPSA) is 108 Å². The van der Waals surface area contributed by atoms with Crippen LogP contribution in [0.15, 0.2) is 59.7 Å². The van der Waals surface area contributed by atoms with Crippen LogP contribution in [-0.4, -0.2) is 35.6 Å². The summed E-state index contributed by atoms with van der Waals surface area (Å²) >= 11 is 0. The molecule has 146 valence electrons. The second-order valence-electron chi connectivity index (χ2n) is 6.12. The fourth-order valence-corrected chi connectivity index (χ4v) is 2.51. The summed E-state index contributed by atoms with van der Waals surface area (Å²) in [6.45, 7) is 0.555. The van der Waals surface area contributed by atoms with Gasteiger partial charge in [0.1, 0.15) is 0 Å². The Morgan fingerprint density at radius 2 is 1.64 bits per heavy atom. The molecule has 0 aliphatic heterocycles. The lowest BCUT2D eigenvalue weighted by molar-refractivity contribution is -0.121. The smallest absolute Gasteiger partial charge is 0.336 e. The minimum atomic E-state index is -1.05. The second-order valence-corrected chi connectivity index (χ2v) is 6.12. The van der Waals surface area contributed by atoms with E-state index in [0.717, 1.165) is 12.8 Å². The van der Waals surface area contributed by atoms with E-state index in [0.29, 0.717) is 30.5 Å². The van der Waals surface area contributed by atoms with Crippen molar-refractivity contribution in [3.63, 3.8) is 0 Å². The lowest BCUT2D eigenvalue weighted by Gasteiger charge is -2.05. The van der Waals surface area contributed by atoms with Crippen LogP contribution >= 0.6 is 0 Å². The maximum absolute atomic E-state index is 11.9. The van der Waals surface area contributed by atoms with Gasteiger partial charge in [-0.1, -0.05) is 42.8 Å². The molecule has 7 nitrogen and oxygen atoms in total. The molecule has 0 aromatic heterocycles. The van der Waals surface area contributed by atoms with Gasteiger partial charge in [-0.2, -0.15) is 5.10 Å². The lowest BCUT2D eigenvalue weighted by Crippen LogP contribution is -2.24. The zero-order valence-electron chi connectivity index (χ0n) is 15.4. The molecule has 0 unspecified atom stereocenters. The van der Waals surface area contributed by atoms with Gasteiger partial charge >= 0.3 is 5.97 Å². The number of amides is 2. The Labute approximate surface area is 163 Å². The fourth-order valence-electron chi connectivity index (χ4n) is 2.51. The molecule has 7 heteroatoms. The van der Waals surface area contributed by atoms with Gasteiger partial charge in [0, 0.05) is 24.1 Å². The summed E-state index contributed by atoms with van der Waals surface area (Å²) in [4.78, 5) is 34.7. The molecule has 0 spiro atoms. The third-order valence-corrected chi connectivity index (χ3v) is 3.99. The third-order valence-electron chi connectivity index (χ3n) is 3.99. The van der Waals surface area contributed by atoms with E-state index in [1.54, 1.807) is 30.3 Å². The van der Waals surface area contributed by atoms with E-state index in [1.807, 2.05) is 18.2 Å². The summed E-state index contributed by atoms with van der Waals surface area (Å²) in [6.07, 6.45) is 3.88. The number of rotatable bonds is 10. The number of hydrazone groups is 1. The van der Waals surface area contributed by atoms with Crippen LogP contribution in [0.2, 0.25) is 0 Å². The van der Waals surface area contributed by atoms with Gasteiger partial charge in [0.25, 0.3) is 5.91 Å². The van der Waals surface area contributed by atoms with Crippen molar-refractivity contribution in [3.8, 4) is 0 Å². The van der Waals surface area contributed by atoms with Crippen molar-refractivity contribution in [1.29, 1.82) is 0 Å². The van der Waals surface area contributed by atoms with Crippen molar-refractivity contribution in [1.82, 2.24) is 10.7 Å². The maximum atomic E-state index is 11.9. The van der Waals surface area contributed by atoms with Crippen LogP contribution < -0.4 is 10.7 Å². The van der Waals surface area contributed by atoms with Crippen LogP contribution in [-0.2, 0) is 4.79 Å². The van der Waals surface area contributed by atoms with E-state index < -0.39 is 5.97 Å². The summed E-state index contributed by atoms with van der Waals surface area (Å²) in [5.74, 6) is -1.39. The number of carboxylic acids is 1. The van der Waals surface area contributed by atoms with E-state index >= 15 is 0 Å². The number of carbonyl (C=O) groups is 3. The first-order chi connectivity index (χ1) is 13.6. The summed E-state index contributed by atoms with van der Waals surface area (Å²) in [5, 5.41) is 15.7. The number of unbranched alkanes of at least 4 members (excludes halogenated alkanes) is 2. The van der Waals surface area contributed by atoms with Crippen LogP contribution in [0, 0.1) is 0 Å². The summed E-state index contributed by atoms with van der Waals surface area (Å²) in [7, 11) is 0. The van der Waals surface area contributed by atoms with Gasteiger partial charge in [-0.15, -0.1) is 0 Å². The predicted octanol–water partition coefficient (Wildman–Crippen LogP) is 2.83. The van der Waals surface area contributed by atoms with Crippen LogP contribution in [0.4, 0.5) is 0 Å². The average molecular weight is 381 g/mol. The van der Waals surface area contributed by atoms with Gasteiger partial charge in [-0.3, -0.25) is 9.59 Å². The molecule has 0 bridgehead atoms. The molecule has 0 atom stereocenters. The summed E-state index contributed by atoms with van der Waals surface area (Å²) in [6, 6.07) is 15.4. The second kappa shape index (κ2) is 11.3. The molecule has 0 fully saturated rings. The zero-order chi connectivity index (χ0) is 20.2. The van der Waals surface area contributed by atoms with Crippen molar-refractivity contribution >= 4 is 24.0 Å². The van der Waals surface area contributed by atoms with E-state index in [2.05, 4.69) is 15.8 Å². The number of aromatic carboxylic acids is 1. The minimum Gasteiger partial charge on any atom is -0.478 e. The van der Waals surface area contributed by atoms with Gasteiger partial charge in [0.2, 0.25) is 5.91 Å². The number of benzene rings is 2. The van der Waals surface area contributed by atoms with E-state index in [-0.39, 0.29) is 17.4 Å². The molecule has 0 aliphatic carbocycles. The lowest BCUT2D eigenvalue weighted by atomic mass is 10.1. The van der Waals surface area contributed by atoms with Crippen molar-refractivity contribution in [3.05, 3.63) is 71.3 Å². The Morgan fingerprint density at radius 1 is 0.929 bits per heavy atom. The van der Waals surface area contributed by atoms with Crippen LogP contribution in [0.25, 0.3) is 0 Å². The van der Waals surface area contributed by atoms with Gasteiger partial charge in [-0.25, -0.2) is 10.2 Å². The monoisotopic (exact) mass is 381 g/mol. The molecular weight excluding hydrogens is 358 g/mol. The highest BCUT2D eigenvalue weighted by molar-refractivity contribution is 5.98. The van der Waals surface area contributed by atoms with Crippen LogP contribution in [0.1, 0.15) is 52.0 Å². The molecule has 2 rings (SSSR count). The van der Waals surface area contributed by atoms with Gasteiger partial charge in [0.05, 0.1) is 11.8 Å². The number of hydrogen-bond donors (Lipinski definition) is 3. The number of nitrogens with zero attached hydrogens (tertiary/aromatic N) is 1. The van der Waals surface area contributed by atoms with Gasteiger partial charge in [-0.05, 0) is 31.0 Å². The third kappa shape index (κ3) is 7.03. The minimum absolute atomic E-state index is 0.102. The van der Waals surface area contributed by atoms with Crippen molar-refractivity contribution in [2.75, 3.05) is 6.54 Å². The first kappa shape index (κ1) is 20.8. The Balaban J connectivity index is 1.60. The predicted molar refractivity (Wildman–Crippen MR) is 106 cm³/mol. The maximum Gasteiger partial charge on any atom is 0.336 e. The largest absolute Gasteiger partial charge is 0.478 e. The summed E-state index contributed by atoms with van der Waals surface area (Å²) < 4.78 is 0.